The van der Waals surface area contributed by atoms with Gasteiger partial charge in [-0.15, -0.1) is 0 Å². The van der Waals surface area contributed by atoms with Gasteiger partial charge in [-0.05, 0) is 31.7 Å². The molecule has 2 aliphatic rings. The number of aromatic nitrogens is 2. The predicted octanol–water partition coefficient (Wildman–Crippen LogP) is 1.46. The third-order valence-electron chi connectivity index (χ3n) is 4.42. The molecule has 1 aromatic heterocycles. The zero-order valence-corrected chi connectivity index (χ0v) is 11.2. The van der Waals surface area contributed by atoms with E-state index in [2.05, 4.69) is 21.5 Å². The Morgan fingerprint density at radius 3 is 2.89 bits per heavy atom. The van der Waals surface area contributed by atoms with Crippen molar-refractivity contribution in [3.63, 3.8) is 0 Å². The van der Waals surface area contributed by atoms with Crippen LogP contribution in [0.2, 0.25) is 0 Å². The molecule has 2 fully saturated rings. The van der Waals surface area contributed by atoms with Crippen molar-refractivity contribution < 1.29 is 4.74 Å². The van der Waals surface area contributed by atoms with Crippen LogP contribution in [-0.4, -0.2) is 46.8 Å². The highest BCUT2D eigenvalue weighted by Crippen LogP contribution is 2.25. The van der Waals surface area contributed by atoms with Gasteiger partial charge < -0.3 is 9.30 Å². The number of hydrogen-bond acceptors (Lipinski definition) is 3. The Labute approximate surface area is 109 Å². The van der Waals surface area contributed by atoms with Gasteiger partial charge in [0.25, 0.3) is 0 Å². The number of nitrogens with zero attached hydrogens (tertiary/aromatic N) is 3. The molecule has 2 saturated heterocycles. The summed E-state index contributed by atoms with van der Waals surface area (Å²) in [5, 5.41) is 0. The summed E-state index contributed by atoms with van der Waals surface area (Å²) in [7, 11) is 2.09. The molecule has 0 amide bonds. The Morgan fingerprint density at radius 1 is 1.33 bits per heavy atom. The first-order valence-corrected chi connectivity index (χ1v) is 7.11. The lowest BCUT2D eigenvalue weighted by atomic mass is 10.0. The van der Waals surface area contributed by atoms with Crippen LogP contribution in [0.3, 0.4) is 0 Å². The minimum Gasteiger partial charge on any atom is -0.381 e. The first kappa shape index (κ1) is 12.2. The van der Waals surface area contributed by atoms with Crippen molar-refractivity contribution in [1.82, 2.24) is 14.5 Å². The maximum absolute atomic E-state index is 5.45. The molecule has 0 bridgehead atoms. The van der Waals surface area contributed by atoms with Crippen molar-refractivity contribution in [1.29, 1.82) is 0 Å². The molecule has 1 atom stereocenters. The first-order valence-electron chi connectivity index (χ1n) is 7.11. The van der Waals surface area contributed by atoms with E-state index in [1.165, 1.54) is 38.2 Å². The van der Waals surface area contributed by atoms with Crippen LogP contribution in [0.25, 0.3) is 0 Å². The van der Waals surface area contributed by atoms with Crippen LogP contribution in [0.4, 0.5) is 0 Å². The van der Waals surface area contributed by atoms with Crippen molar-refractivity contribution in [3.05, 3.63) is 18.2 Å². The van der Waals surface area contributed by atoms with Crippen LogP contribution in [0.5, 0.6) is 0 Å². The number of ether oxygens (including phenoxy) is 1. The van der Waals surface area contributed by atoms with Crippen LogP contribution in [0.15, 0.2) is 12.4 Å². The molecule has 3 rings (SSSR count). The fourth-order valence-electron chi connectivity index (χ4n) is 3.26. The summed E-state index contributed by atoms with van der Waals surface area (Å²) in [6.07, 6.45) is 8.83. The van der Waals surface area contributed by atoms with E-state index in [0.717, 1.165) is 31.6 Å². The Hall–Kier alpha value is -0.870. The topological polar surface area (TPSA) is 30.3 Å². The average Bonchev–Trinajstić information content (AvgIpc) is 3.02. The highest BCUT2D eigenvalue weighted by atomic mass is 16.5. The molecular formula is C14H23N3O. The van der Waals surface area contributed by atoms with E-state index in [4.69, 9.17) is 4.74 Å². The molecule has 4 nitrogen and oxygen atoms in total. The van der Waals surface area contributed by atoms with Gasteiger partial charge in [-0.25, -0.2) is 4.98 Å². The van der Waals surface area contributed by atoms with Crippen molar-refractivity contribution in [2.75, 3.05) is 26.3 Å². The van der Waals surface area contributed by atoms with E-state index < -0.39 is 0 Å². The Morgan fingerprint density at radius 2 is 2.17 bits per heavy atom. The monoisotopic (exact) mass is 249 g/mol. The minimum absolute atomic E-state index is 0.769. The van der Waals surface area contributed by atoms with E-state index in [9.17, 15) is 0 Å². The summed E-state index contributed by atoms with van der Waals surface area (Å²) in [5.74, 6) is 2.02. The van der Waals surface area contributed by atoms with Gasteiger partial charge in [0, 0.05) is 51.7 Å². The third kappa shape index (κ3) is 2.59. The molecule has 0 unspecified atom stereocenters. The van der Waals surface area contributed by atoms with Crippen molar-refractivity contribution in [2.45, 2.75) is 31.7 Å². The number of rotatable bonds is 3. The molecule has 0 aliphatic carbocycles. The Balaban J connectivity index is 1.53. The van der Waals surface area contributed by atoms with E-state index >= 15 is 0 Å². The van der Waals surface area contributed by atoms with Gasteiger partial charge in [0.2, 0.25) is 0 Å². The van der Waals surface area contributed by atoms with Gasteiger partial charge in [0.05, 0.1) is 0 Å². The lowest BCUT2D eigenvalue weighted by Crippen LogP contribution is -2.38. The highest BCUT2D eigenvalue weighted by molar-refractivity contribution is 4.95. The van der Waals surface area contributed by atoms with Crippen LogP contribution >= 0.6 is 0 Å². The number of imidazole rings is 1. The molecular weight excluding hydrogens is 226 g/mol. The number of aryl methyl sites for hydroxylation is 1. The molecule has 0 N–H and O–H groups in total. The Kier molecular flexibility index (Phi) is 3.66. The maximum Gasteiger partial charge on any atom is 0.108 e. The summed E-state index contributed by atoms with van der Waals surface area (Å²) in [4.78, 5) is 7.12. The summed E-state index contributed by atoms with van der Waals surface area (Å²) in [6.45, 7) is 4.41. The third-order valence-corrected chi connectivity index (χ3v) is 4.42. The van der Waals surface area contributed by atoms with Gasteiger partial charge in [-0.2, -0.15) is 0 Å². The van der Waals surface area contributed by atoms with E-state index in [0.29, 0.717) is 0 Å². The highest BCUT2D eigenvalue weighted by Gasteiger charge is 2.29. The Bertz CT molecular complexity index is 384. The van der Waals surface area contributed by atoms with Crippen molar-refractivity contribution in [2.24, 2.45) is 13.0 Å². The molecule has 0 radical (unpaired) electrons. The molecule has 18 heavy (non-hydrogen) atoms. The summed E-state index contributed by atoms with van der Waals surface area (Å²) in [5.41, 5.74) is 0. The zero-order valence-electron chi connectivity index (χ0n) is 11.2. The largest absolute Gasteiger partial charge is 0.381 e. The molecule has 1 aromatic rings. The molecule has 0 saturated carbocycles. The standard InChI is InChI=1S/C14H23N3O/c1-16-7-5-15-14(16)10-12-2-6-17(11-12)13-3-8-18-9-4-13/h5,7,12-13H,2-4,6,8-11H2,1H3/t12-/m0/s1. The normalized spacial score (nSPS) is 26.8. The average molecular weight is 249 g/mol. The van der Waals surface area contributed by atoms with Crippen molar-refractivity contribution >= 4 is 0 Å². The second-order valence-electron chi connectivity index (χ2n) is 5.65. The van der Waals surface area contributed by atoms with Gasteiger partial charge >= 0.3 is 0 Å². The minimum atomic E-state index is 0.769. The van der Waals surface area contributed by atoms with E-state index in [-0.39, 0.29) is 0 Å². The lowest BCUT2D eigenvalue weighted by molar-refractivity contribution is 0.0411. The molecule has 4 heteroatoms. The maximum atomic E-state index is 5.45. The molecule has 3 heterocycles. The zero-order chi connectivity index (χ0) is 12.4. The predicted molar refractivity (Wildman–Crippen MR) is 70.4 cm³/mol. The SMILES string of the molecule is Cn1ccnc1C[C@@H]1CCN(C2CCOCC2)C1. The van der Waals surface area contributed by atoms with Gasteiger partial charge in [0.1, 0.15) is 5.82 Å². The van der Waals surface area contributed by atoms with Gasteiger partial charge in [-0.1, -0.05) is 0 Å². The van der Waals surface area contributed by atoms with Gasteiger partial charge in [-0.3, -0.25) is 4.90 Å². The summed E-state index contributed by atoms with van der Waals surface area (Å²) < 4.78 is 7.60. The summed E-state index contributed by atoms with van der Waals surface area (Å²) in [6, 6.07) is 0.769. The quantitative estimate of drug-likeness (QED) is 0.812. The fourth-order valence-corrected chi connectivity index (χ4v) is 3.26. The van der Waals surface area contributed by atoms with Crippen molar-refractivity contribution in [3.8, 4) is 0 Å². The lowest BCUT2D eigenvalue weighted by Gasteiger charge is -2.31. The second kappa shape index (κ2) is 5.41. The smallest absolute Gasteiger partial charge is 0.108 e. The second-order valence-corrected chi connectivity index (χ2v) is 5.65. The number of hydrogen-bond donors (Lipinski definition) is 0. The van der Waals surface area contributed by atoms with Crippen LogP contribution in [0, 0.1) is 5.92 Å². The van der Waals surface area contributed by atoms with Crippen LogP contribution in [-0.2, 0) is 18.2 Å². The molecule has 100 valence electrons. The van der Waals surface area contributed by atoms with Gasteiger partial charge in [0.15, 0.2) is 0 Å². The molecule has 0 spiro atoms. The molecule has 2 aliphatic heterocycles. The van der Waals surface area contributed by atoms with E-state index in [1.807, 2.05) is 12.4 Å². The van der Waals surface area contributed by atoms with E-state index in [1.54, 1.807) is 0 Å². The van der Waals surface area contributed by atoms with Crippen LogP contribution < -0.4 is 0 Å². The molecule has 0 aromatic carbocycles. The van der Waals surface area contributed by atoms with Crippen LogP contribution in [0.1, 0.15) is 25.1 Å². The summed E-state index contributed by atoms with van der Waals surface area (Å²) >= 11 is 0. The fraction of sp³-hybridized carbons (Fsp3) is 0.786. The first-order chi connectivity index (χ1) is 8.83. The number of likely N-dealkylation sites (tertiary alicyclic amines) is 1.